The number of nitrogens with zero attached hydrogens (tertiary/aromatic N) is 4. The molecule has 0 amide bonds. The second-order valence-corrected chi connectivity index (χ2v) is 10.4. The molecule has 1 aliphatic heterocycles. The molecule has 0 saturated carbocycles. The van der Waals surface area contributed by atoms with Gasteiger partial charge < -0.3 is 0 Å². The third-order valence-corrected chi connectivity index (χ3v) is 8.71. The summed E-state index contributed by atoms with van der Waals surface area (Å²) in [4.78, 5) is 0.234. The van der Waals surface area contributed by atoms with Crippen LogP contribution in [0.5, 0.6) is 0 Å². The minimum Gasteiger partial charge on any atom is -0.271 e. The van der Waals surface area contributed by atoms with Crippen molar-refractivity contribution in [1.29, 1.82) is 0 Å². The second-order valence-electron chi connectivity index (χ2n) is 6.45. The van der Waals surface area contributed by atoms with Gasteiger partial charge in [-0.25, -0.2) is 21.1 Å². The molecule has 2 heterocycles. The average molecular weight is 393 g/mol. The van der Waals surface area contributed by atoms with Crippen LogP contribution in [0.25, 0.3) is 0 Å². The molecule has 0 spiro atoms. The van der Waals surface area contributed by atoms with Crippen LogP contribution in [-0.2, 0) is 27.1 Å². The van der Waals surface area contributed by atoms with Gasteiger partial charge in [0.1, 0.15) is 4.90 Å². The summed E-state index contributed by atoms with van der Waals surface area (Å²) in [6.07, 6.45) is 1.92. The van der Waals surface area contributed by atoms with Crippen LogP contribution in [0, 0.1) is 13.8 Å². The minimum atomic E-state index is -3.68. The number of hydrogen-bond acceptors (Lipinski definition) is 5. The Bertz CT molecular complexity index is 815. The van der Waals surface area contributed by atoms with Crippen molar-refractivity contribution in [3.8, 4) is 0 Å². The fourth-order valence-corrected chi connectivity index (χ4v) is 6.65. The maximum atomic E-state index is 13.0. The van der Waals surface area contributed by atoms with E-state index < -0.39 is 20.0 Å². The Kier molecular flexibility index (Phi) is 6.29. The van der Waals surface area contributed by atoms with Gasteiger partial charge in [0.2, 0.25) is 20.0 Å². The first-order chi connectivity index (χ1) is 11.6. The van der Waals surface area contributed by atoms with E-state index in [-0.39, 0.29) is 23.7 Å². The zero-order valence-electron chi connectivity index (χ0n) is 15.4. The van der Waals surface area contributed by atoms with E-state index in [0.717, 1.165) is 6.42 Å². The lowest BCUT2D eigenvalue weighted by atomic mass is 10.4. The molecule has 0 N–H and O–H groups in total. The van der Waals surface area contributed by atoms with Crippen molar-refractivity contribution in [2.24, 2.45) is 7.05 Å². The van der Waals surface area contributed by atoms with Crippen LogP contribution in [0.3, 0.4) is 0 Å². The molecule has 0 radical (unpaired) electrons. The summed E-state index contributed by atoms with van der Waals surface area (Å²) in [5.41, 5.74) is 1.06. The Morgan fingerprint density at radius 2 is 1.60 bits per heavy atom. The highest BCUT2D eigenvalue weighted by Gasteiger charge is 2.33. The Hall–Kier alpha value is -0.970. The maximum absolute atomic E-state index is 13.0. The zero-order valence-corrected chi connectivity index (χ0v) is 17.0. The van der Waals surface area contributed by atoms with E-state index in [1.165, 1.54) is 8.61 Å². The molecule has 25 heavy (non-hydrogen) atoms. The summed E-state index contributed by atoms with van der Waals surface area (Å²) in [5, 5.41) is 4.19. The Balaban J connectivity index is 2.20. The topological polar surface area (TPSA) is 92.6 Å². The van der Waals surface area contributed by atoms with Crippen LogP contribution in [-0.4, -0.2) is 67.2 Å². The highest BCUT2D eigenvalue weighted by atomic mass is 32.2. The predicted molar refractivity (Wildman–Crippen MR) is 96.3 cm³/mol. The lowest BCUT2D eigenvalue weighted by molar-refractivity contribution is 0.403. The Morgan fingerprint density at radius 1 is 1.00 bits per heavy atom. The van der Waals surface area contributed by atoms with Crippen LogP contribution in [0.1, 0.15) is 37.6 Å². The molecule has 0 aliphatic carbocycles. The molecule has 1 aliphatic rings. The van der Waals surface area contributed by atoms with Crippen LogP contribution in [0.2, 0.25) is 0 Å². The number of sulfonamides is 2. The fraction of sp³-hybridized carbons (Fsp3) is 0.800. The molecule has 1 saturated heterocycles. The third kappa shape index (κ3) is 4.24. The SMILES string of the molecule is CCCCS(=O)(=O)N1CCCN(S(=O)(=O)c2c(C)nn(C)c2C)CC1. The van der Waals surface area contributed by atoms with Crippen molar-refractivity contribution >= 4 is 20.0 Å². The molecule has 10 heteroatoms. The lowest BCUT2D eigenvalue weighted by Gasteiger charge is -2.21. The van der Waals surface area contributed by atoms with Gasteiger partial charge in [0.25, 0.3) is 0 Å². The summed E-state index contributed by atoms with van der Waals surface area (Å²) >= 11 is 0. The summed E-state index contributed by atoms with van der Waals surface area (Å²) in [6.45, 7) is 6.40. The molecule has 0 aromatic carbocycles. The molecular weight excluding hydrogens is 364 g/mol. The van der Waals surface area contributed by atoms with E-state index in [0.29, 0.717) is 37.3 Å². The Morgan fingerprint density at radius 3 is 2.16 bits per heavy atom. The molecule has 144 valence electrons. The summed E-state index contributed by atoms with van der Waals surface area (Å²) < 4.78 is 55.2. The van der Waals surface area contributed by atoms with Gasteiger partial charge in [0.15, 0.2) is 0 Å². The van der Waals surface area contributed by atoms with E-state index in [4.69, 9.17) is 0 Å². The summed E-state index contributed by atoms with van der Waals surface area (Å²) in [5.74, 6) is 0.122. The quantitative estimate of drug-likeness (QED) is 0.716. The molecule has 0 unspecified atom stereocenters. The predicted octanol–water partition coefficient (Wildman–Crippen LogP) is 0.863. The number of aryl methyl sites for hydroxylation is 2. The van der Waals surface area contributed by atoms with Gasteiger partial charge in [-0.05, 0) is 26.7 Å². The van der Waals surface area contributed by atoms with Crippen molar-refractivity contribution in [2.45, 2.75) is 44.9 Å². The highest BCUT2D eigenvalue weighted by molar-refractivity contribution is 7.89. The van der Waals surface area contributed by atoms with E-state index in [9.17, 15) is 16.8 Å². The number of rotatable bonds is 6. The van der Waals surface area contributed by atoms with Crippen molar-refractivity contribution < 1.29 is 16.8 Å². The van der Waals surface area contributed by atoms with Gasteiger partial charge in [-0.1, -0.05) is 13.3 Å². The monoisotopic (exact) mass is 392 g/mol. The van der Waals surface area contributed by atoms with Crippen LogP contribution in [0.15, 0.2) is 4.90 Å². The summed E-state index contributed by atoms with van der Waals surface area (Å²) in [7, 11) is -5.29. The number of aromatic nitrogens is 2. The average Bonchev–Trinajstić information content (AvgIpc) is 2.73. The van der Waals surface area contributed by atoms with E-state index in [2.05, 4.69) is 5.10 Å². The lowest BCUT2D eigenvalue weighted by Crippen LogP contribution is -2.38. The minimum absolute atomic E-state index is 0.122. The molecule has 1 aromatic heterocycles. The smallest absolute Gasteiger partial charge is 0.246 e. The zero-order chi connectivity index (χ0) is 18.8. The van der Waals surface area contributed by atoms with E-state index >= 15 is 0 Å². The first-order valence-corrected chi connectivity index (χ1v) is 11.6. The van der Waals surface area contributed by atoms with Crippen LogP contribution in [0.4, 0.5) is 0 Å². The summed E-state index contributed by atoms with van der Waals surface area (Å²) in [6, 6.07) is 0. The van der Waals surface area contributed by atoms with Crippen molar-refractivity contribution in [3.63, 3.8) is 0 Å². The van der Waals surface area contributed by atoms with Gasteiger partial charge >= 0.3 is 0 Å². The van der Waals surface area contributed by atoms with Crippen molar-refractivity contribution in [3.05, 3.63) is 11.4 Å². The van der Waals surface area contributed by atoms with Crippen LogP contribution < -0.4 is 0 Å². The third-order valence-electron chi connectivity index (χ3n) is 4.60. The Labute approximate surface area is 150 Å². The second kappa shape index (κ2) is 7.73. The van der Waals surface area contributed by atoms with Gasteiger partial charge in [0.05, 0.1) is 17.1 Å². The van der Waals surface area contributed by atoms with Gasteiger partial charge in [-0.15, -0.1) is 0 Å². The number of hydrogen-bond donors (Lipinski definition) is 0. The largest absolute Gasteiger partial charge is 0.271 e. The fourth-order valence-electron chi connectivity index (χ4n) is 3.10. The molecule has 2 rings (SSSR count). The van der Waals surface area contributed by atoms with Gasteiger partial charge in [-0.3, -0.25) is 4.68 Å². The molecule has 0 atom stereocenters. The molecule has 1 fully saturated rings. The van der Waals surface area contributed by atoms with E-state index in [1.54, 1.807) is 25.6 Å². The van der Waals surface area contributed by atoms with Crippen molar-refractivity contribution in [2.75, 3.05) is 31.9 Å². The maximum Gasteiger partial charge on any atom is 0.246 e. The van der Waals surface area contributed by atoms with Gasteiger partial charge in [-0.2, -0.15) is 9.40 Å². The standard InChI is InChI=1S/C15H28N4O4S2/c1-5-6-12-24(20,21)18-8-7-9-19(11-10-18)25(22,23)15-13(2)16-17(4)14(15)3/h5-12H2,1-4H3. The van der Waals surface area contributed by atoms with Gasteiger partial charge in [0, 0.05) is 33.2 Å². The molecule has 8 nitrogen and oxygen atoms in total. The normalized spacial score (nSPS) is 18.4. The van der Waals surface area contributed by atoms with Crippen molar-refractivity contribution in [1.82, 2.24) is 18.4 Å². The highest BCUT2D eigenvalue weighted by Crippen LogP contribution is 2.24. The molecule has 1 aromatic rings. The molecular formula is C15H28N4O4S2. The van der Waals surface area contributed by atoms with E-state index in [1.807, 2.05) is 6.92 Å². The molecule has 0 bridgehead atoms. The first kappa shape index (κ1) is 20.3. The van der Waals surface area contributed by atoms with Crippen LogP contribution >= 0.6 is 0 Å². The first-order valence-electron chi connectivity index (χ1n) is 8.59. The number of unbranched alkanes of at least 4 members (excludes halogenated alkanes) is 1.